The van der Waals surface area contributed by atoms with Crippen molar-refractivity contribution < 1.29 is 0 Å². The van der Waals surface area contributed by atoms with Crippen molar-refractivity contribution in [3.63, 3.8) is 0 Å². The van der Waals surface area contributed by atoms with Gasteiger partial charge in [0, 0.05) is 0 Å². The molecule has 0 fully saturated rings. The summed E-state index contributed by atoms with van der Waals surface area (Å²) in [5.74, 6) is 3.81. The van der Waals surface area contributed by atoms with Gasteiger partial charge in [0.15, 0.2) is 0 Å². The second kappa shape index (κ2) is 34.9. The van der Waals surface area contributed by atoms with Gasteiger partial charge in [-0.1, -0.05) is 253 Å². The Morgan fingerprint density at radius 3 is 0.651 bits per heavy atom. The molecule has 43 heavy (non-hydrogen) atoms. The van der Waals surface area contributed by atoms with Crippen LogP contribution in [0.5, 0.6) is 0 Å². The Kier molecular flexibility index (Phi) is 34.9. The molecule has 0 bridgehead atoms. The van der Waals surface area contributed by atoms with Crippen LogP contribution >= 0.6 is 0 Å². The van der Waals surface area contributed by atoms with Crippen LogP contribution in [0.3, 0.4) is 0 Å². The largest absolute Gasteiger partial charge is 0.0654 e. The molecule has 0 aromatic carbocycles. The van der Waals surface area contributed by atoms with Crippen LogP contribution in [0.15, 0.2) is 0 Å². The van der Waals surface area contributed by atoms with Gasteiger partial charge in [0.25, 0.3) is 0 Å². The summed E-state index contributed by atoms with van der Waals surface area (Å²) in [6.07, 6.45) is 48.4. The molecule has 0 N–H and O–H groups in total. The minimum absolute atomic E-state index is 0.950. The molecule has 0 saturated heterocycles. The molecule has 0 saturated carbocycles. The Balaban J connectivity index is 3.34. The maximum Gasteiger partial charge on any atom is -0.0443 e. The van der Waals surface area contributed by atoms with E-state index in [0.29, 0.717) is 0 Å². The Hall–Kier alpha value is 0. The van der Waals surface area contributed by atoms with E-state index in [9.17, 15) is 0 Å². The Bertz CT molecular complexity index is 494. The predicted octanol–water partition coefficient (Wildman–Crippen LogP) is 16.4. The van der Waals surface area contributed by atoms with Crippen LogP contribution in [0.25, 0.3) is 0 Å². The molecule has 0 aliphatic carbocycles. The molecule has 260 valence electrons. The highest BCUT2D eigenvalue weighted by molar-refractivity contribution is 4.60. The van der Waals surface area contributed by atoms with Crippen LogP contribution < -0.4 is 0 Å². The highest BCUT2D eigenvalue weighted by Gasteiger charge is 2.07. The van der Waals surface area contributed by atoms with E-state index in [2.05, 4.69) is 41.5 Å². The topological polar surface area (TPSA) is 0 Å². The minimum Gasteiger partial charge on any atom is -0.0654 e. The van der Waals surface area contributed by atoms with Gasteiger partial charge in [-0.15, -0.1) is 0 Å². The molecule has 0 spiro atoms. The highest BCUT2D eigenvalue weighted by Crippen LogP contribution is 2.23. The third kappa shape index (κ3) is 34.7. The van der Waals surface area contributed by atoms with Crippen molar-refractivity contribution >= 4 is 0 Å². The van der Waals surface area contributed by atoms with E-state index in [1.54, 1.807) is 0 Å². The average Bonchev–Trinajstić information content (AvgIpc) is 2.99. The maximum absolute atomic E-state index is 2.52. The van der Waals surface area contributed by atoms with E-state index in [1.165, 1.54) is 212 Å². The van der Waals surface area contributed by atoms with Gasteiger partial charge in [-0.3, -0.25) is 0 Å². The summed E-state index contributed by atoms with van der Waals surface area (Å²) in [5, 5.41) is 0. The Labute approximate surface area is 276 Å². The average molecular weight is 605 g/mol. The van der Waals surface area contributed by atoms with E-state index >= 15 is 0 Å². The summed E-state index contributed by atoms with van der Waals surface area (Å²) in [5.41, 5.74) is 0. The monoisotopic (exact) mass is 605 g/mol. The number of hydrogen-bond donors (Lipinski definition) is 0. The lowest BCUT2D eigenvalue weighted by atomic mass is 9.92. The van der Waals surface area contributed by atoms with E-state index in [-0.39, 0.29) is 0 Å². The molecule has 0 radical (unpaired) electrons. The molecule has 4 atom stereocenters. The standard InChI is InChI=1S/C43H88/c1-7-9-11-12-13-14-15-16-17-18-21-26-33-41(4)34-27-22-19-23-28-35-42(5)36-29-24-20-25-30-37-43(6)39-31-38-40(3)32-10-8-2/h40-43H,7-39H2,1-6H3. The minimum atomic E-state index is 0.950. The van der Waals surface area contributed by atoms with Crippen LogP contribution in [-0.2, 0) is 0 Å². The predicted molar refractivity (Wildman–Crippen MR) is 200 cm³/mol. The van der Waals surface area contributed by atoms with Crippen molar-refractivity contribution in [3.05, 3.63) is 0 Å². The first-order valence-electron chi connectivity index (χ1n) is 21.0. The van der Waals surface area contributed by atoms with Crippen LogP contribution in [0.2, 0.25) is 0 Å². The summed E-state index contributed by atoms with van der Waals surface area (Å²) in [7, 11) is 0. The number of rotatable bonds is 36. The van der Waals surface area contributed by atoms with Gasteiger partial charge in [-0.05, 0) is 23.7 Å². The summed E-state index contributed by atoms with van der Waals surface area (Å²) in [6, 6.07) is 0. The van der Waals surface area contributed by atoms with Crippen molar-refractivity contribution in [1.82, 2.24) is 0 Å². The zero-order valence-corrected chi connectivity index (χ0v) is 31.6. The van der Waals surface area contributed by atoms with Crippen LogP contribution in [0.4, 0.5) is 0 Å². The number of unbranched alkanes of at least 4 members (excludes halogenated alkanes) is 20. The van der Waals surface area contributed by atoms with Gasteiger partial charge >= 0.3 is 0 Å². The maximum atomic E-state index is 2.52. The van der Waals surface area contributed by atoms with E-state index in [0.717, 1.165) is 23.7 Å². The lowest BCUT2D eigenvalue weighted by molar-refractivity contribution is 0.392. The first-order valence-corrected chi connectivity index (χ1v) is 21.0. The zero-order chi connectivity index (χ0) is 31.6. The molecule has 0 nitrogen and oxygen atoms in total. The molecule has 0 aliphatic heterocycles. The molecule has 0 rings (SSSR count). The zero-order valence-electron chi connectivity index (χ0n) is 31.6. The van der Waals surface area contributed by atoms with Gasteiger partial charge in [0.05, 0.1) is 0 Å². The molecule has 0 heterocycles. The second-order valence-corrected chi connectivity index (χ2v) is 15.9. The third-order valence-corrected chi connectivity index (χ3v) is 10.8. The van der Waals surface area contributed by atoms with Gasteiger partial charge in [0.1, 0.15) is 0 Å². The Morgan fingerprint density at radius 2 is 0.395 bits per heavy atom. The van der Waals surface area contributed by atoms with Crippen molar-refractivity contribution in [3.8, 4) is 0 Å². The van der Waals surface area contributed by atoms with Gasteiger partial charge in [0.2, 0.25) is 0 Å². The summed E-state index contributed by atoms with van der Waals surface area (Å²) in [6.45, 7) is 14.6. The van der Waals surface area contributed by atoms with E-state index < -0.39 is 0 Å². The number of hydrogen-bond acceptors (Lipinski definition) is 0. The SMILES string of the molecule is CCCCCCCCCCCCCCC(C)CCCCCCCC(C)CCCCCCCC(C)CCCC(C)CCCC. The van der Waals surface area contributed by atoms with Crippen molar-refractivity contribution in [2.45, 2.75) is 253 Å². The van der Waals surface area contributed by atoms with Crippen LogP contribution in [0.1, 0.15) is 253 Å². The molecule has 4 unspecified atom stereocenters. The second-order valence-electron chi connectivity index (χ2n) is 15.9. The molecular formula is C43H88. The fourth-order valence-electron chi connectivity index (χ4n) is 7.31. The van der Waals surface area contributed by atoms with Crippen LogP contribution in [-0.4, -0.2) is 0 Å². The van der Waals surface area contributed by atoms with E-state index in [4.69, 9.17) is 0 Å². The molecule has 0 aromatic heterocycles. The van der Waals surface area contributed by atoms with E-state index in [1.807, 2.05) is 0 Å². The fourth-order valence-corrected chi connectivity index (χ4v) is 7.31. The van der Waals surface area contributed by atoms with Crippen LogP contribution in [0, 0.1) is 23.7 Å². The smallest absolute Gasteiger partial charge is 0.0443 e. The third-order valence-electron chi connectivity index (χ3n) is 10.8. The first kappa shape index (κ1) is 43.0. The first-order chi connectivity index (χ1) is 21.0. The van der Waals surface area contributed by atoms with Gasteiger partial charge in [-0.2, -0.15) is 0 Å². The normalized spacial score (nSPS) is 14.7. The lowest BCUT2D eigenvalue weighted by Crippen LogP contribution is -1.99. The van der Waals surface area contributed by atoms with Gasteiger partial charge in [-0.25, -0.2) is 0 Å². The van der Waals surface area contributed by atoms with Crippen molar-refractivity contribution in [2.24, 2.45) is 23.7 Å². The quantitative estimate of drug-likeness (QED) is 0.0624. The Morgan fingerprint density at radius 1 is 0.209 bits per heavy atom. The van der Waals surface area contributed by atoms with Crippen molar-refractivity contribution in [2.75, 3.05) is 0 Å². The molecular weight excluding hydrogens is 516 g/mol. The fraction of sp³-hybridized carbons (Fsp3) is 1.00. The molecule has 0 amide bonds. The molecule has 0 heteroatoms. The summed E-state index contributed by atoms with van der Waals surface area (Å²) >= 11 is 0. The van der Waals surface area contributed by atoms with Crippen molar-refractivity contribution in [1.29, 1.82) is 0 Å². The summed E-state index contributed by atoms with van der Waals surface area (Å²) < 4.78 is 0. The highest BCUT2D eigenvalue weighted by atomic mass is 14.1. The summed E-state index contributed by atoms with van der Waals surface area (Å²) in [4.78, 5) is 0. The molecule has 0 aliphatic rings. The molecule has 0 aromatic rings. The van der Waals surface area contributed by atoms with Gasteiger partial charge < -0.3 is 0 Å². The lowest BCUT2D eigenvalue weighted by Gasteiger charge is -2.14.